The third-order valence-corrected chi connectivity index (χ3v) is 3.77. The summed E-state index contributed by atoms with van der Waals surface area (Å²) in [6, 6.07) is 2.37. The van der Waals surface area contributed by atoms with Crippen molar-refractivity contribution in [1.29, 1.82) is 0 Å². The molecule has 1 aromatic heterocycles. The standard InChI is InChI=1S/C11H19N5O3S/c1-2-5-13-10-4-3-9(8-15-10)20(18,19)16-7-6-14-11(12)17/h3-4,8,16H,2,5-7H2,1H3,(H,13,15)(H3,12,14,17). The molecule has 0 aromatic carbocycles. The van der Waals surface area contributed by atoms with Crippen molar-refractivity contribution in [3.63, 3.8) is 0 Å². The van der Waals surface area contributed by atoms with Gasteiger partial charge in [0, 0.05) is 25.8 Å². The van der Waals surface area contributed by atoms with E-state index in [1.165, 1.54) is 12.3 Å². The Morgan fingerprint density at radius 3 is 2.60 bits per heavy atom. The molecule has 0 radical (unpaired) electrons. The van der Waals surface area contributed by atoms with Gasteiger partial charge in [0.25, 0.3) is 0 Å². The lowest BCUT2D eigenvalue weighted by atomic mass is 10.4. The van der Waals surface area contributed by atoms with Crippen LogP contribution in [-0.2, 0) is 10.0 Å². The van der Waals surface area contributed by atoms with Crippen molar-refractivity contribution in [2.24, 2.45) is 5.73 Å². The second-order valence-corrected chi connectivity index (χ2v) is 5.76. The minimum absolute atomic E-state index is 0.0567. The normalized spacial score (nSPS) is 11.1. The highest BCUT2D eigenvalue weighted by Crippen LogP contribution is 2.10. The molecule has 2 amide bonds. The Kier molecular flexibility index (Phi) is 6.19. The zero-order valence-electron chi connectivity index (χ0n) is 11.2. The summed E-state index contributed by atoms with van der Waals surface area (Å²) in [5.74, 6) is 0.626. The summed E-state index contributed by atoms with van der Waals surface area (Å²) in [6.07, 6.45) is 2.23. The van der Waals surface area contributed by atoms with E-state index in [1.807, 2.05) is 6.92 Å². The Hall–Kier alpha value is -1.87. The summed E-state index contributed by atoms with van der Waals surface area (Å²) in [6.45, 7) is 2.98. The van der Waals surface area contributed by atoms with Gasteiger partial charge in [-0.25, -0.2) is 22.9 Å². The van der Waals surface area contributed by atoms with Gasteiger partial charge in [0.05, 0.1) is 0 Å². The molecule has 112 valence electrons. The van der Waals surface area contributed by atoms with Crippen LogP contribution < -0.4 is 21.1 Å². The number of nitrogens with zero attached hydrogens (tertiary/aromatic N) is 1. The molecular formula is C11H19N5O3S. The Balaban J connectivity index is 2.56. The van der Waals surface area contributed by atoms with Crippen molar-refractivity contribution >= 4 is 21.9 Å². The number of nitrogens with one attached hydrogen (secondary N) is 3. The average molecular weight is 301 g/mol. The topological polar surface area (TPSA) is 126 Å². The highest BCUT2D eigenvalue weighted by atomic mass is 32.2. The number of aromatic nitrogens is 1. The number of hydrogen-bond donors (Lipinski definition) is 4. The van der Waals surface area contributed by atoms with Crippen molar-refractivity contribution in [2.45, 2.75) is 18.2 Å². The van der Waals surface area contributed by atoms with Crippen molar-refractivity contribution in [2.75, 3.05) is 25.0 Å². The second-order valence-electron chi connectivity index (χ2n) is 3.99. The molecule has 0 aliphatic rings. The number of urea groups is 1. The van der Waals surface area contributed by atoms with Crippen LogP contribution in [0.5, 0.6) is 0 Å². The lowest BCUT2D eigenvalue weighted by molar-refractivity contribution is 0.249. The quantitative estimate of drug-likeness (QED) is 0.497. The predicted octanol–water partition coefficient (Wildman–Crippen LogP) is -0.150. The fourth-order valence-corrected chi connectivity index (χ4v) is 2.33. The van der Waals surface area contributed by atoms with Gasteiger partial charge >= 0.3 is 6.03 Å². The van der Waals surface area contributed by atoms with E-state index in [0.717, 1.165) is 13.0 Å². The maximum Gasteiger partial charge on any atom is 0.312 e. The largest absolute Gasteiger partial charge is 0.370 e. The van der Waals surface area contributed by atoms with Gasteiger partial charge in [0.15, 0.2) is 0 Å². The second kappa shape index (κ2) is 7.65. The van der Waals surface area contributed by atoms with E-state index >= 15 is 0 Å². The summed E-state index contributed by atoms with van der Waals surface area (Å²) in [7, 11) is -3.63. The maximum atomic E-state index is 11.9. The lowest BCUT2D eigenvalue weighted by Gasteiger charge is -2.08. The molecule has 0 unspecified atom stereocenters. The van der Waals surface area contributed by atoms with Crippen molar-refractivity contribution < 1.29 is 13.2 Å². The van der Waals surface area contributed by atoms with Crippen LogP contribution in [-0.4, -0.2) is 39.1 Å². The summed E-state index contributed by atoms with van der Waals surface area (Å²) in [4.78, 5) is 14.5. The maximum absolute atomic E-state index is 11.9. The van der Waals surface area contributed by atoms with Crippen LogP contribution in [0.3, 0.4) is 0 Å². The van der Waals surface area contributed by atoms with Gasteiger partial charge in [0.2, 0.25) is 10.0 Å². The minimum Gasteiger partial charge on any atom is -0.370 e. The Morgan fingerprint density at radius 1 is 1.30 bits per heavy atom. The van der Waals surface area contributed by atoms with Gasteiger partial charge < -0.3 is 16.4 Å². The average Bonchev–Trinajstić information content (AvgIpc) is 2.42. The van der Waals surface area contributed by atoms with Crippen molar-refractivity contribution in [1.82, 2.24) is 15.0 Å². The van der Waals surface area contributed by atoms with E-state index in [-0.39, 0.29) is 18.0 Å². The molecule has 0 saturated heterocycles. The van der Waals surface area contributed by atoms with Crippen LogP contribution in [0.4, 0.5) is 10.6 Å². The van der Waals surface area contributed by atoms with Crippen LogP contribution in [0.1, 0.15) is 13.3 Å². The third kappa shape index (κ3) is 5.41. The van der Waals surface area contributed by atoms with Gasteiger partial charge in [-0.3, -0.25) is 0 Å². The van der Waals surface area contributed by atoms with Crippen LogP contribution >= 0.6 is 0 Å². The first-order valence-electron chi connectivity index (χ1n) is 6.18. The monoisotopic (exact) mass is 301 g/mol. The first-order chi connectivity index (χ1) is 9.45. The fourth-order valence-electron chi connectivity index (χ4n) is 1.35. The molecule has 0 aliphatic heterocycles. The molecule has 9 heteroatoms. The number of primary amides is 1. The Morgan fingerprint density at radius 2 is 2.05 bits per heavy atom. The molecule has 5 N–H and O–H groups in total. The number of carbonyl (C=O) groups excluding carboxylic acids is 1. The summed E-state index contributed by atoms with van der Waals surface area (Å²) in [5, 5.41) is 5.34. The molecule has 8 nitrogen and oxygen atoms in total. The van der Waals surface area contributed by atoms with Crippen LogP contribution in [0.25, 0.3) is 0 Å². The molecule has 0 fully saturated rings. The third-order valence-electron chi connectivity index (χ3n) is 2.32. The number of rotatable bonds is 8. The number of carbonyl (C=O) groups is 1. The number of anilines is 1. The van der Waals surface area contributed by atoms with E-state index in [0.29, 0.717) is 5.82 Å². The summed E-state index contributed by atoms with van der Waals surface area (Å²) >= 11 is 0. The fraction of sp³-hybridized carbons (Fsp3) is 0.455. The van der Waals surface area contributed by atoms with Gasteiger partial charge in [-0.1, -0.05) is 6.92 Å². The van der Waals surface area contributed by atoms with Gasteiger partial charge in [-0.2, -0.15) is 0 Å². The first kappa shape index (κ1) is 16.2. The van der Waals surface area contributed by atoms with Gasteiger partial charge in [-0.05, 0) is 18.6 Å². The van der Waals surface area contributed by atoms with Gasteiger partial charge in [-0.15, -0.1) is 0 Å². The first-order valence-corrected chi connectivity index (χ1v) is 7.67. The molecule has 1 aromatic rings. The summed E-state index contributed by atoms with van der Waals surface area (Å²) in [5.41, 5.74) is 4.87. The molecule has 0 aliphatic carbocycles. The van der Waals surface area contributed by atoms with E-state index in [9.17, 15) is 13.2 Å². The molecular weight excluding hydrogens is 282 g/mol. The van der Waals surface area contributed by atoms with E-state index in [1.54, 1.807) is 6.07 Å². The molecule has 1 rings (SSSR count). The Labute approximate surface area is 118 Å². The highest BCUT2D eigenvalue weighted by Gasteiger charge is 2.13. The van der Waals surface area contributed by atoms with Crippen LogP contribution in [0.15, 0.2) is 23.2 Å². The molecule has 0 saturated carbocycles. The van der Waals surface area contributed by atoms with E-state index in [4.69, 9.17) is 5.73 Å². The number of amides is 2. The molecule has 0 atom stereocenters. The smallest absolute Gasteiger partial charge is 0.312 e. The minimum atomic E-state index is -3.63. The number of nitrogens with two attached hydrogens (primary N) is 1. The van der Waals surface area contributed by atoms with E-state index < -0.39 is 16.1 Å². The number of sulfonamides is 1. The van der Waals surface area contributed by atoms with Crippen molar-refractivity contribution in [3.05, 3.63) is 18.3 Å². The number of pyridine rings is 1. The highest BCUT2D eigenvalue weighted by molar-refractivity contribution is 7.89. The zero-order chi connectivity index (χ0) is 15.0. The predicted molar refractivity (Wildman–Crippen MR) is 75.8 cm³/mol. The zero-order valence-corrected chi connectivity index (χ0v) is 12.0. The van der Waals surface area contributed by atoms with Crippen LogP contribution in [0, 0.1) is 0 Å². The van der Waals surface area contributed by atoms with Crippen molar-refractivity contribution in [3.8, 4) is 0 Å². The lowest BCUT2D eigenvalue weighted by Crippen LogP contribution is -2.37. The summed E-state index contributed by atoms with van der Waals surface area (Å²) < 4.78 is 26.1. The number of hydrogen-bond acceptors (Lipinski definition) is 5. The Bertz CT molecular complexity index is 529. The van der Waals surface area contributed by atoms with Gasteiger partial charge in [0.1, 0.15) is 10.7 Å². The SMILES string of the molecule is CCCNc1ccc(S(=O)(=O)NCCNC(N)=O)cn1. The van der Waals surface area contributed by atoms with E-state index in [2.05, 4.69) is 20.3 Å². The molecule has 0 bridgehead atoms. The molecule has 20 heavy (non-hydrogen) atoms. The molecule has 0 spiro atoms. The molecule has 1 heterocycles. The van der Waals surface area contributed by atoms with Crippen LogP contribution in [0.2, 0.25) is 0 Å².